The molecule has 0 aliphatic carbocycles. The molecule has 0 spiro atoms. The number of carbonyl (C=O) groups is 2. The van der Waals surface area contributed by atoms with Crippen molar-refractivity contribution in [1.29, 1.82) is 0 Å². The number of aryl methyl sites for hydroxylation is 1. The van der Waals surface area contributed by atoms with E-state index in [-0.39, 0.29) is 18.2 Å². The number of urea groups is 1. The maximum atomic E-state index is 11.9. The maximum Gasteiger partial charge on any atom is 0.414 e. The van der Waals surface area contributed by atoms with E-state index >= 15 is 0 Å². The Hall–Kier alpha value is -2.24. The fraction of sp³-hybridized carbons (Fsp3) is 0.500. The summed E-state index contributed by atoms with van der Waals surface area (Å²) >= 11 is 0. The molecule has 6 heteroatoms. The molecule has 1 aromatic carbocycles. The van der Waals surface area contributed by atoms with Crippen molar-refractivity contribution < 1.29 is 14.3 Å². The highest BCUT2D eigenvalue weighted by Crippen LogP contribution is 2.21. The average molecular weight is 305 g/mol. The van der Waals surface area contributed by atoms with Crippen molar-refractivity contribution >= 4 is 17.8 Å². The molecule has 0 saturated carbocycles. The van der Waals surface area contributed by atoms with Crippen LogP contribution in [0.5, 0.6) is 0 Å². The second-order valence-corrected chi connectivity index (χ2v) is 5.31. The van der Waals surface area contributed by atoms with Crippen molar-refractivity contribution in [3.63, 3.8) is 0 Å². The summed E-state index contributed by atoms with van der Waals surface area (Å²) in [7, 11) is 0. The Morgan fingerprint density at radius 1 is 1.32 bits per heavy atom. The van der Waals surface area contributed by atoms with Gasteiger partial charge in [0.15, 0.2) is 0 Å². The Morgan fingerprint density at radius 3 is 2.55 bits per heavy atom. The number of nitrogens with zero attached hydrogens (tertiary/aromatic N) is 2. The van der Waals surface area contributed by atoms with Crippen LogP contribution in [0, 0.1) is 6.92 Å². The fourth-order valence-electron chi connectivity index (χ4n) is 2.39. The van der Waals surface area contributed by atoms with E-state index in [2.05, 4.69) is 5.32 Å². The van der Waals surface area contributed by atoms with E-state index in [9.17, 15) is 9.59 Å². The van der Waals surface area contributed by atoms with Gasteiger partial charge in [0.1, 0.15) is 6.10 Å². The Kier molecular flexibility index (Phi) is 5.25. The molecule has 22 heavy (non-hydrogen) atoms. The zero-order valence-electron chi connectivity index (χ0n) is 13.3. The van der Waals surface area contributed by atoms with E-state index in [0.29, 0.717) is 26.2 Å². The Balaban J connectivity index is 1.90. The predicted octanol–water partition coefficient (Wildman–Crippen LogP) is 2.37. The minimum Gasteiger partial charge on any atom is -0.442 e. The number of hydrogen-bond donors (Lipinski definition) is 1. The molecule has 1 heterocycles. The van der Waals surface area contributed by atoms with Gasteiger partial charge < -0.3 is 15.0 Å². The van der Waals surface area contributed by atoms with Gasteiger partial charge in [0.05, 0.1) is 13.1 Å². The summed E-state index contributed by atoms with van der Waals surface area (Å²) in [5, 5.41) is 2.81. The van der Waals surface area contributed by atoms with Crippen LogP contribution in [-0.2, 0) is 4.74 Å². The largest absolute Gasteiger partial charge is 0.442 e. The minimum absolute atomic E-state index is 0.130. The standard InChI is InChI=1S/C16H23N3O3/c1-4-18(5-2)15(20)17-10-14-11-19(16(21)22-14)13-8-6-12(3)7-9-13/h6-9,14H,4-5,10-11H2,1-3H3,(H,17,20). The van der Waals surface area contributed by atoms with Crippen LogP contribution in [0.2, 0.25) is 0 Å². The van der Waals surface area contributed by atoms with Gasteiger partial charge in [-0.15, -0.1) is 0 Å². The lowest BCUT2D eigenvalue weighted by atomic mass is 10.2. The number of carbonyl (C=O) groups excluding carboxylic acids is 2. The second-order valence-electron chi connectivity index (χ2n) is 5.31. The van der Waals surface area contributed by atoms with Crippen molar-refractivity contribution in [1.82, 2.24) is 10.2 Å². The number of anilines is 1. The van der Waals surface area contributed by atoms with Crippen molar-refractivity contribution in [2.75, 3.05) is 31.1 Å². The van der Waals surface area contributed by atoms with Crippen LogP contribution in [-0.4, -0.2) is 49.3 Å². The molecule has 1 aliphatic rings. The number of nitrogens with one attached hydrogen (secondary N) is 1. The van der Waals surface area contributed by atoms with Crippen LogP contribution in [0.4, 0.5) is 15.3 Å². The van der Waals surface area contributed by atoms with Crippen LogP contribution in [0.15, 0.2) is 24.3 Å². The first kappa shape index (κ1) is 16.1. The highest BCUT2D eigenvalue weighted by Gasteiger charge is 2.32. The lowest BCUT2D eigenvalue weighted by molar-refractivity contribution is 0.138. The lowest BCUT2D eigenvalue weighted by Gasteiger charge is -2.20. The topological polar surface area (TPSA) is 61.9 Å². The molecular formula is C16H23N3O3. The van der Waals surface area contributed by atoms with E-state index in [0.717, 1.165) is 11.3 Å². The third kappa shape index (κ3) is 3.69. The van der Waals surface area contributed by atoms with Gasteiger partial charge in [-0.3, -0.25) is 4.90 Å². The first-order valence-electron chi connectivity index (χ1n) is 7.62. The first-order chi connectivity index (χ1) is 10.5. The smallest absolute Gasteiger partial charge is 0.414 e. The van der Waals surface area contributed by atoms with Crippen LogP contribution in [0.1, 0.15) is 19.4 Å². The molecule has 1 atom stereocenters. The van der Waals surface area contributed by atoms with Gasteiger partial charge in [-0.05, 0) is 32.9 Å². The third-order valence-corrected chi connectivity index (χ3v) is 3.75. The minimum atomic E-state index is -0.369. The maximum absolute atomic E-state index is 11.9. The summed E-state index contributed by atoms with van der Waals surface area (Å²) < 4.78 is 5.31. The van der Waals surface area contributed by atoms with Crippen LogP contribution >= 0.6 is 0 Å². The van der Waals surface area contributed by atoms with E-state index in [4.69, 9.17) is 4.74 Å². The Labute approximate surface area is 131 Å². The molecule has 1 saturated heterocycles. The van der Waals surface area contributed by atoms with Crippen molar-refractivity contribution in [2.24, 2.45) is 0 Å². The molecule has 120 valence electrons. The zero-order valence-corrected chi connectivity index (χ0v) is 13.3. The lowest BCUT2D eigenvalue weighted by Crippen LogP contribution is -2.43. The normalized spacial score (nSPS) is 17.3. The number of amides is 3. The number of cyclic esters (lactones) is 1. The van der Waals surface area contributed by atoms with Gasteiger partial charge in [-0.2, -0.15) is 0 Å². The molecule has 0 bridgehead atoms. The highest BCUT2D eigenvalue weighted by atomic mass is 16.6. The number of hydrogen-bond acceptors (Lipinski definition) is 3. The van der Waals surface area contributed by atoms with Crippen molar-refractivity contribution in [2.45, 2.75) is 26.9 Å². The molecular weight excluding hydrogens is 282 g/mol. The molecule has 2 rings (SSSR count). The molecule has 0 aromatic heterocycles. The number of benzene rings is 1. The van der Waals surface area contributed by atoms with Crippen LogP contribution < -0.4 is 10.2 Å². The average Bonchev–Trinajstić information content (AvgIpc) is 2.88. The predicted molar refractivity (Wildman–Crippen MR) is 85.1 cm³/mol. The highest BCUT2D eigenvalue weighted by molar-refractivity contribution is 5.89. The Bertz CT molecular complexity index is 526. The zero-order chi connectivity index (χ0) is 16.1. The Morgan fingerprint density at radius 2 is 1.95 bits per heavy atom. The molecule has 1 N–H and O–H groups in total. The summed E-state index contributed by atoms with van der Waals surface area (Å²) in [5.74, 6) is 0. The summed E-state index contributed by atoms with van der Waals surface area (Å²) in [4.78, 5) is 27.1. The molecule has 1 fully saturated rings. The quantitative estimate of drug-likeness (QED) is 0.908. The molecule has 6 nitrogen and oxygen atoms in total. The van der Waals surface area contributed by atoms with Gasteiger partial charge in [-0.25, -0.2) is 9.59 Å². The number of ether oxygens (including phenoxy) is 1. The monoisotopic (exact) mass is 305 g/mol. The van der Waals surface area contributed by atoms with Gasteiger partial charge >= 0.3 is 12.1 Å². The summed E-state index contributed by atoms with van der Waals surface area (Å²) in [6.45, 7) is 7.93. The van der Waals surface area contributed by atoms with Gasteiger partial charge in [0.2, 0.25) is 0 Å². The summed E-state index contributed by atoms with van der Waals surface area (Å²) in [6, 6.07) is 7.58. The summed E-state index contributed by atoms with van der Waals surface area (Å²) in [6.07, 6.45) is -0.695. The van der Waals surface area contributed by atoms with Gasteiger partial charge in [0.25, 0.3) is 0 Å². The molecule has 3 amide bonds. The first-order valence-corrected chi connectivity index (χ1v) is 7.62. The third-order valence-electron chi connectivity index (χ3n) is 3.75. The molecule has 0 radical (unpaired) electrons. The van der Waals surface area contributed by atoms with Crippen molar-refractivity contribution in [3.8, 4) is 0 Å². The molecule has 1 aliphatic heterocycles. The van der Waals surface area contributed by atoms with Crippen molar-refractivity contribution in [3.05, 3.63) is 29.8 Å². The fourth-order valence-corrected chi connectivity index (χ4v) is 2.39. The number of rotatable bonds is 5. The molecule has 1 aromatic rings. The second kappa shape index (κ2) is 7.15. The van der Waals surface area contributed by atoms with Gasteiger partial charge in [0, 0.05) is 18.8 Å². The molecule has 1 unspecified atom stereocenters. The van der Waals surface area contributed by atoms with Gasteiger partial charge in [-0.1, -0.05) is 17.7 Å². The van der Waals surface area contributed by atoms with Crippen LogP contribution in [0.3, 0.4) is 0 Å². The van der Waals surface area contributed by atoms with E-state index in [1.807, 2.05) is 45.0 Å². The summed E-state index contributed by atoms with van der Waals surface area (Å²) in [5.41, 5.74) is 1.95. The van der Waals surface area contributed by atoms with E-state index < -0.39 is 0 Å². The van der Waals surface area contributed by atoms with Crippen LogP contribution in [0.25, 0.3) is 0 Å². The SMILES string of the molecule is CCN(CC)C(=O)NCC1CN(c2ccc(C)cc2)C(=O)O1. The van der Waals surface area contributed by atoms with E-state index in [1.54, 1.807) is 9.80 Å². The van der Waals surface area contributed by atoms with E-state index in [1.165, 1.54) is 0 Å².